The molecule has 1 aliphatic rings. The normalized spacial score (nSPS) is 13.1. The number of aromatic nitrogens is 1. The van der Waals surface area contributed by atoms with Crippen molar-refractivity contribution in [3.8, 4) is 28.1 Å². The number of fused-ring (bicyclic) bond motifs is 6. The van der Waals surface area contributed by atoms with Gasteiger partial charge in [-0.3, -0.25) is 0 Å². The minimum Gasteiger partial charge on any atom is -0.311 e. The first kappa shape index (κ1) is 27.5. The number of benzene rings is 7. The molecule has 1 aromatic heterocycles. The van der Waals surface area contributed by atoms with E-state index in [0.717, 1.165) is 17.1 Å². The molecule has 0 saturated carbocycles. The number of para-hydroxylation sites is 2. The second-order valence-corrected chi connectivity index (χ2v) is 13.0. The van der Waals surface area contributed by atoms with Gasteiger partial charge in [0.1, 0.15) is 0 Å². The van der Waals surface area contributed by atoms with Gasteiger partial charge in [0.05, 0.1) is 11.2 Å². The van der Waals surface area contributed by atoms with Crippen LogP contribution in [0.15, 0.2) is 170 Å². The number of anilines is 3. The summed E-state index contributed by atoms with van der Waals surface area (Å²) in [4.78, 5) is 2.31. The van der Waals surface area contributed by atoms with Crippen LogP contribution in [0.3, 0.4) is 0 Å². The van der Waals surface area contributed by atoms with Crippen molar-refractivity contribution < 1.29 is 0 Å². The molecule has 0 bridgehead atoms. The molecule has 7 aromatic carbocycles. The van der Waals surface area contributed by atoms with E-state index in [0.29, 0.717) is 0 Å². The molecule has 0 saturated heterocycles. The summed E-state index contributed by atoms with van der Waals surface area (Å²) in [6.45, 7) is 4.76. The molecule has 2 nitrogen and oxygen atoms in total. The molecule has 0 spiro atoms. The molecule has 224 valence electrons. The topological polar surface area (TPSA) is 8.17 Å². The van der Waals surface area contributed by atoms with Gasteiger partial charge in [0.25, 0.3) is 0 Å². The first-order valence-corrected chi connectivity index (χ1v) is 16.4. The molecule has 0 radical (unpaired) electrons. The second-order valence-electron chi connectivity index (χ2n) is 13.0. The van der Waals surface area contributed by atoms with Crippen LogP contribution in [0.4, 0.5) is 17.1 Å². The monoisotopic (exact) mass is 602 g/mol. The molecule has 0 unspecified atom stereocenters. The lowest BCUT2D eigenvalue weighted by molar-refractivity contribution is 0.666. The highest BCUT2D eigenvalue weighted by Gasteiger charge is 2.40. The zero-order valence-electron chi connectivity index (χ0n) is 26.6. The van der Waals surface area contributed by atoms with Crippen LogP contribution in [0.2, 0.25) is 0 Å². The standard InChI is InChI=1S/C45H34N2/c1-45(2)41-20-12-11-19-39(41)44-43(45)40-30-34(24-28-42(40)47(44)38-27-23-31-13-9-10-14-33(31)29-38)32-21-25-37(26-22-32)46(35-15-5-3-6-16-35)36-17-7-4-8-18-36/h3-30H,1-2H3. The molecule has 8 aromatic rings. The van der Waals surface area contributed by atoms with Crippen molar-refractivity contribution in [3.05, 3.63) is 181 Å². The van der Waals surface area contributed by atoms with Gasteiger partial charge in [0.15, 0.2) is 0 Å². The van der Waals surface area contributed by atoms with Crippen molar-refractivity contribution in [2.75, 3.05) is 4.90 Å². The smallest absolute Gasteiger partial charge is 0.0585 e. The van der Waals surface area contributed by atoms with Crippen molar-refractivity contribution in [1.29, 1.82) is 0 Å². The minimum atomic E-state index is -0.124. The first-order valence-electron chi connectivity index (χ1n) is 16.4. The Labute approximate surface area is 275 Å². The minimum absolute atomic E-state index is 0.124. The fraction of sp³-hybridized carbons (Fsp3) is 0.0667. The van der Waals surface area contributed by atoms with Crippen molar-refractivity contribution in [1.82, 2.24) is 4.57 Å². The molecule has 0 aliphatic heterocycles. The van der Waals surface area contributed by atoms with Gasteiger partial charge >= 0.3 is 0 Å². The lowest BCUT2D eigenvalue weighted by Crippen LogP contribution is -2.14. The largest absolute Gasteiger partial charge is 0.311 e. The Balaban J connectivity index is 1.20. The molecular formula is C45H34N2. The van der Waals surface area contributed by atoms with Gasteiger partial charge in [-0.15, -0.1) is 0 Å². The van der Waals surface area contributed by atoms with Crippen LogP contribution in [-0.4, -0.2) is 4.57 Å². The molecule has 0 atom stereocenters. The molecule has 47 heavy (non-hydrogen) atoms. The lowest BCUT2D eigenvalue weighted by Gasteiger charge is -2.25. The first-order chi connectivity index (χ1) is 23.1. The summed E-state index contributed by atoms with van der Waals surface area (Å²) in [5, 5.41) is 3.82. The highest BCUT2D eigenvalue weighted by Crippen LogP contribution is 2.54. The van der Waals surface area contributed by atoms with Crippen LogP contribution >= 0.6 is 0 Å². The van der Waals surface area contributed by atoms with E-state index in [1.807, 2.05) is 0 Å². The average Bonchev–Trinajstić information content (AvgIpc) is 3.59. The number of nitrogens with zero attached hydrogens (tertiary/aromatic N) is 2. The summed E-state index contributed by atoms with van der Waals surface area (Å²) in [5.41, 5.74) is 13.6. The van der Waals surface area contributed by atoms with Gasteiger partial charge in [0, 0.05) is 39.1 Å². The molecule has 1 heterocycles. The van der Waals surface area contributed by atoms with Gasteiger partial charge in [-0.25, -0.2) is 0 Å². The summed E-state index contributed by atoms with van der Waals surface area (Å²) < 4.78 is 2.50. The maximum Gasteiger partial charge on any atom is 0.0585 e. The Kier molecular flexibility index (Phi) is 6.20. The van der Waals surface area contributed by atoms with Gasteiger partial charge in [-0.2, -0.15) is 0 Å². The van der Waals surface area contributed by atoms with E-state index in [9.17, 15) is 0 Å². The molecule has 0 amide bonds. The van der Waals surface area contributed by atoms with Crippen molar-refractivity contribution >= 4 is 38.7 Å². The van der Waals surface area contributed by atoms with Gasteiger partial charge in [-0.1, -0.05) is 123 Å². The Morgan fingerprint density at radius 2 is 1.09 bits per heavy atom. The van der Waals surface area contributed by atoms with Crippen LogP contribution in [0.1, 0.15) is 25.0 Å². The highest BCUT2D eigenvalue weighted by atomic mass is 15.1. The van der Waals surface area contributed by atoms with E-state index < -0.39 is 0 Å². The van der Waals surface area contributed by atoms with Crippen LogP contribution in [-0.2, 0) is 5.41 Å². The summed E-state index contributed by atoms with van der Waals surface area (Å²) in [6, 6.07) is 61.6. The molecule has 9 rings (SSSR count). The lowest BCUT2D eigenvalue weighted by atomic mass is 9.81. The van der Waals surface area contributed by atoms with E-state index in [1.165, 1.54) is 60.9 Å². The zero-order chi connectivity index (χ0) is 31.5. The van der Waals surface area contributed by atoms with E-state index in [1.54, 1.807) is 0 Å². The molecule has 2 heteroatoms. The van der Waals surface area contributed by atoms with E-state index >= 15 is 0 Å². The summed E-state index contributed by atoms with van der Waals surface area (Å²) in [5.74, 6) is 0. The Morgan fingerprint density at radius 3 is 1.81 bits per heavy atom. The SMILES string of the molecule is CC1(C)c2ccccc2-c2c1c1cc(-c3ccc(N(c4ccccc4)c4ccccc4)cc3)ccc1n2-c1ccc2ccccc2c1. The third-order valence-electron chi connectivity index (χ3n) is 9.93. The van der Waals surface area contributed by atoms with Crippen molar-refractivity contribution in [2.45, 2.75) is 19.3 Å². The fourth-order valence-corrected chi connectivity index (χ4v) is 7.72. The summed E-state index contributed by atoms with van der Waals surface area (Å²) in [7, 11) is 0. The Bertz CT molecular complexity index is 2380. The molecular weight excluding hydrogens is 569 g/mol. The predicted molar refractivity (Wildman–Crippen MR) is 198 cm³/mol. The van der Waals surface area contributed by atoms with Crippen LogP contribution in [0.5, 0.6) is 0 Å². The maximum absolute atomic E-state index is 2.50. The summed E-state index contributed by atoms with van der Waals surface area (Å²) >= 11 is 0. The van der Waals surface area contributed by atoms with Crippen molar-refractivity contribution in [2.24, 2.45) is 0 Å². The predicted octanol–water partition coefficient (Wildman–Crippen LogP) is 12.2. The fourth-order valence-electron chi connectivity index (χ4n) is 7.72. The Hall–Kier alpha value is -5.86. The van der Waals surface area contributed by atoms with Gasteiger partial charge in [0.2, 0.25) is 0 Å². The van der Waals surface area contributed by atoms with Crippen LogP contribution < -0.4 is 4.90 Å². The number of hydrogen-bond donors (Lipinski definition) is 0. The molecule has 0 fully saturated rings. The second kappa shape index (κ2) is 10.6. The zero-order valence-corrected chi connectivity index (χ0v) is 26.6. The van der Waals surface area contributed by atoms with E-state index in [2.05, 4.69) is 193 Å². The molecule has 0 N–H and O–H groups in total. The average molecular weight is 603 g/mol. The number of rotatable bonds is 5. The van der Waals surface area contributed by atoms with Gasteiger partial charge in [-0.05, 0) is 93.7 Å². The highest BCUT2D eigenvalue weighted by molar-refractivity contribution is 6.01. The van der Waals surface area contributed by atoms with E-state index in [4.69, 9.17) is 0 Å². The molecule has 1 aliphatic carbocycles. The third kappa shape index (κ3) is 4.33. The van der Waals surface area contributed by atoms with Gasteiger partial charge < -0.3 is 9.47 Å². The maximum atomic E-state index is 2.50. The van der Waals surface area contributed by atoms with Crippen LogP contribution in [0.25, 0.3) is 49.7 Å². The number of hydrogen-bond acceptors (Lipinski definition) is 1. The summed E-state index contributed by atoms with van der Waals surface area (Å²) in [6.07, 6.45) is 0. The Morgan fingerprint density at radius 1 is 0.489 bits per heavy atom. The quantitative estimate of drug-likeness (QED) is 0.190. The van der Waals surface area contributed by atoms with Crippen LogP contribution in [0, 0.1) is 0 Å². The third-order valence-corrected chi connectivity index (χ3v) is 9.93. The van der Waals surface area contributed by atoms with Crippen molar-refractivity contribution in [3.63, 3.8) is 0 Å². The van der Waals surface area contributed by atoms with E-state index in [-0.39, 0.29) is 5.41 Å².